The van der Waals surface area contributed by atoms with Crippen LogP contribution in [0.4, 0.5) is 0 Å². The van der Waals surface area contributed by atoms with Gasteiger partial charge in [0.1, 0.15) is 0 Å². The molecule has 1 aromatic carbocycles. The van der Waals surface area contributed by atoms with Crippen LogP contribution in [0.25, 0.3) is 0 Å². The number of amides is 1. The molecule has 0 aliphatic carbocycles. The van der Waals surface area contributed by atoms with Crippen molar-refractivity contribution in [3.8, 4) is 0 Å². The molecule has 0 heterocycles. The third-order valence-corrected chi connectivity index (χ3v) is 2.08. The Hall–Kier alpha value is -1.81. The zero-order valence-electron chi connectivity index (χ0n) is 9.27. The van der Waals surface area contributed by atoms with E-state index in [9.17, 15) is 9.59 Å². The largest absolute Gasteiger partial charge is 0.463 e. The Bertz CT molecular complexity index is 426. The van der Waals surface area contributed by atoms with Crippen LogP contribution in [0.5, 0.6) is 0 Å². The van der Waals surface area contributed by atoms with E-state index < -0.39 is 5.97 Å². The van der Waals surface area contributed by atoms with E-state index in [2.05, 4.69) is 10.1 Å². The van der Waals surface area contributed by atoms with Gasteiger partial charge in [-0.05, 0) is 31.2 Å². The summed E-state index contributed by atoms with van der Waals surface area (Å²) in [6.07, 6.45) is 2.40. The Morgan fingerprint density at radius 1 is 1.35 bits per heavy atom. The van der Waals surface area contributed by atoms with Crippen LogP contribution in [0.1, 0.15) is 17.3 Å². The first-order chi connectivity index (χ1) is 8.13. The number of carbonyl (C=O) groups is 2. The molecule has 0 spiro atoms. The van der Waals surface area contributed by atoms with Gasteiger partial charge in [-0.25, -0.2) is 4.79 Å². The Labute approximate surface area is 104 Å². The molecule has 1 rings (SSSR count). The Kier molecular flexibility index (Phi) is 5.23. The monoisotopic (exact) mass is 253 g/mol. The van der Waals surface area contributed by atoms with Crippen molar-refractivity contribution < 1.29 is 14.3 Å². The molecule has 0 fully saturated rings. The van der Waals surface area contributed by atoms with Gasteiger partial charge in [-0.15, -0.1) is 0 Å². The van der Waals surface area contributed by atoms with Gasteiger partial charge >= 0.3 is 5.97 Å². The maximum atomic E-state index is 11.5. The number of ether oxygens (including phenoxy) is 1. The summed E-state index contributed by atoms with van der Waals surface area (Å²) in [6, 6.07) is 6.42. The number of benzene rings is 1. The van der Waals surface area contributed by atoms with Crippen LogP contribution in [-0.4, -0.2) is 18.5 Å². The smallest absolute Gasteiger partial charge is 0.332 e. The molecule has 0 atom stereocenters. The molecule has 90 valence electrons. The van der Waals surface area contributed by atoms with Gasteiger partial charge in [-0.2, -0.15) is 0 Å². The highest BCUT2D eigenvalue weighted by molar-refractivity contribution is 6.30. The Morgan fingerprint density at radius 3 is 2.59 bits per heavy atom. The van der Waals surface area contributed by atoms with Crippen molar-refractivity contribution in [2.24, 2.45) is 0 Å². The number of esters is 1. The highest BCUT2D eigenvalue weighted by Crippen LogP contribution is 2.09. The fourth-order valence-corrected chi connectivity index (χ4v) is 1.19. The minimum Gasteiger partial charge on any atom is -0.463 e. The molecule has 0 bridgehead atoms. The van der Waals surface area contributed by atoms with Gasteiger partial charge in [0.2, 0.25) is 0 Å². The first kappa shape index (κ1) is 13.3. The van der Waals surface area contributed by atoms with Crippen molar-refractivity contribution in [2.45, 2.75) is 6.92 Å². The number of hydrogen-bond donors (Lipinski definition) is 1. The molecule has 0 saturated carbocycles. The number of carbonyl (C=O) groups excluding carboxylic acids is 2. The molecule has 1 amide bonds. The maximum absolute atomic E-state index is 11.5. The van der Waals surface area contributed by atoms with E-state index in [1.807, 2.05) is 0 Å². The predicted octanol–water partition coefficient (Wildman–Crippen LogP) is 2.15. The second-order valence-electron chi connectivity index (χ2n) is 3.07. The number of rotatable bonds is 4. The second kappa shape index (κ2) is 6.70. The van der Waals surface area contributed by atoms with Crippen molar-refractivity contribution in [3.63, 3.8) is 0 Å². The first-order valence-corrected chi connectivity index (χ1v) is 5.41. The standard InChI is InChI=1S/C12H12ClNO3/c1-2-17-11(15)7-8-14-12(16)9-3-5-10(13)6-4-9/h3-8H,2H2,1H3,(H,14,16)/b8-7-. The summed E-state index contributed by atoms with van der Waals surface area (Å²) < 4.78 is 4.65. The molecule has 0 aromatic heterocycles. The normalized spacial score (nSPS) is 10.2. The summed E-state index contributed by atoms with van der Waals surface area (Å²) in [4.78, 5) is 22.5. The van der Waals surface area contributed by atoms with E-state index in [0.29, 0.717) is 17.2 Å². The summed E-state index contributed by atoms with van der Waals surface area (Å²) in [5.41, 5.74) is 0.461. The lowest BCUT2D eigenvalue weighted by molar-refractivity contribution is -0.137. The van der Waals surface area contributed by atoms with Crippen LogP contribution >= 0.6 is 11.6 Å². The lowest BCUT2D eigenvalue weighted by atomic mass is 10.2. The Balaban J connectivity index is 2.50. The predicted molar refractivity (Wildman–Crippen MR) is 64.7 cm³/mol. The molecule has 0 unspecified atom stereocenters. The zero-order valence-corrected chi connectivity index (χ0v) is 10.0. The topological polar surface area (TPSA) is 55.4 Å². The van der Waals surface area contributed by atoms with Crippen molar-refractivity contribution in [1.82, 2.24) is 5.32 Å². The van der Waals surface area contributed by atoms with E-state index >= 15 is 0 Å². The van der Waals surface area contributed by atoms with E-state index in [4.69, 9.17) is 11.6 Å². The van der Waals surface area contributed by atoms with E-state index in [-0.39, 0.29) is 5.91 Å². The lowest BCUT2D eigenvalue weighted by Crippen LogP contribution is -2.17. The minimum absolute atomic E-state index is 0.300. The Morgan fingerprint density at radius 2 is 2.00 bits per heavy atom. The van der Waals surface area contributed by atoms with Crippen LogP contribution in [0, 0.1) is 0 Å². The van der Waals surface area contributed by atoms with Gasteiger partial charge in [0.05, 0.1) is 6.61 Å². The van der Waals surface area contributed by atoms with Gasteiger partial charge in [-0.3, -0.25) is 4.79 Å². The number of hydrogen-bond acceptors (Lipinski definition) is 3. The highest BCUT2D eigenvalue weighted by atomic mass is 35.5. The van der Waals surface area contributed by atoms with E-state index in [0.717, 1.165) is 6.08 Å². The summed E-state index contributed by atoms with van der Waals surface area (Å²) >= 11 is 5.69. The molecule has 4 nitrogen and oxygen atoms in total. The van der Waals surface area contributed by atoms with Gasteiger partial charge in [-0.1, -0.05) is 11.6 Å². The molecule has 0 radical (unpaired) electrons. The molecule has 1 N–H and O–H groups in total. The molecule has 17 heavy (non-hydrogen) atoms. The van der Waals surface area contributed by atoms with E-state index in [1.165, 1.54) is 6.20 Å². The van der Waals surface area contributed by atoms with E-state index in [1.54, 1.807) is 31.2 Å². The molecule has 0 saturated heterocycles. The maximum Gasteiger partial charge on any atom is 0.332 e. The summed E-state index contributed by atoms with van der Waals surface area (Å²) in [5.74, 6) is -0.814. The molecular formula is C12H12ClNO3. The summed E-state index contributed by atoms with van der Waals surface area (Å²) in [5, 5.41) is 3.00. The van der Waals surface area contributed by atoms with Gasteiger partial charge in [0, 0.05) is 22.9 Å². The second-order valence-corrected chi connectivity index (χ2v) is 3.50. The van der Waals surface area contributed by atoms with Gasteiger partial charge in [0.15, 0.2) is 0 Å². The van der Waals surface area contributed by atoms with Crippen LogP contribution in [0.2, 0.25) is 5.02 Å². The lowest BCUT2D eigenvalue weighted by Gasteiger charge is -2.00. The summed E-state index contributed by atoms with van der Waals surface area (Å²) in [7, 11) is 0. The third-order valence-electron chi connectivity index (χ3n) is 1.83. The summed E-state index contributed by atoms with van der Waals surface area (Å²) in [6.45, 7) is 2.01. The third kappa shape index (κ3) is 4.70. The van der Waals surface area contributed by atoms with Crippen LogP contribution in [0.3, 0.4) is 0 Å². The number of halogens is 1. The molecule has 0 aliphatic heterocycles. The average Bonchev–Trinajstić information content (AvgIpc) is 2.30. The highest BCUT2D eigenvalue weighted by Gasteiger charge is 2.02. The van der Waals surface area contributed by atoms with Crippen molar-refractivity contribution in [2.75, 3.05) is 6.61 Å². The van der Waals surface area contributed by atoms with Crippen molar-refractivity contribution in [1.29, 1.82) is 0 Å². The zero-order chi connectivity index (χ0) is 12.7. The van der Waals surface area contributed by atoms with Crippen LogP contribution in [-0.2, 0) is 9.53 Å². The van der Waals surface area contributed by atoms with Crippen molar-refractivity contribution >= 4 is 23.5 Å². The first-order valence-electron chi connectivity index (χ1n) is 5.03. The fraction of sp³-hybridized carbons (Fsp3) is 0.167. The SMILES string of the molecule is CCOC(=O)/C=C\NC(=O)c1ccc(Cl)cc1. The van der Waals surface area contributed by atoms with Crippen LogP contribution < -0.4 is 5.32 Å². The number of nitrogens with one attached hydrogen (secondary N) is 1. The molecular weight excluding hydrogens is 242 g/mol. The molecule has 0 aliphatic rings. The van der Waals surface area contributed by atoms with Gasteiger partial charge in [0.25, 0.3) is 5.91 Å². The minimum atomic E-state index is -0.496. The quantitative estimate of drug-likeness (QED) is 0.661. The van der Waals surface area contributed by atoms with Gasteiger partial charge < -0.3 is 10.1 Å². The fourth-order valence-electron chi connectivity index (χ4n) is 1.06. The molecule has 5 heteroatoms. The van der Waals surface area contributed by atoms with Crippen LogP contribution in [0.15, 0.2) is 36.5 Å². The average molecular weight is 254 g/mol. The van der Waals surface area contributed by atoms with Crippen molar-refractivity contribution in [3.05, 3.63) is 47.1 Å². The molecule has 1 aromatic rings.